The van der Waals surface area contributed by atoms with Crippen molar-refractivity contribution in [2.75, 3.05) is 0 Å². The zero-order chi connectivity index (χ0) is 9.57. The normalized spacial score (nSPS) is 13.3. The maximum atomic E-state index is 4.29. The molecule has 0 amide bonds. The molecule has 0 N–H and O–H groups in total. The lowest BCUT2D eigenvalue weighted by atomic mass is 10.2. The maximum Gasteiger partial charge on any atom is 0.274 e. The third-order valence-corrected chi connectivity index (χ3v) is 2.68. The highest BCUT2D eigenvalue weighted by Gasteiger charge is 2.24. The van der Waals surface area contributed by atoms with Gasteiger partial charge in [-0.3, -0.25) is 0 Å². The Morgan fingerprint density at radius 2 is 1.33 bits per heavy atom. The van der Waals surface area contributed by atoms with Crippen LogP contribution in [0.5, 0.6) is 0 Å². The Kier molecular flexibility index (Phi) is 0.630. The van der Waals surface area contributed by atoms with E-state index in [0.717, 1.165) is 33.1 Å². The maximum absolute atomic E-state index is 4.29. The first kappa shape index (κ1) is 6.06. The molecule has 1 aromatic carbocycles. The highest BCUT2D eigenvalue weighted by molar-refractivity contribution is 6.20. The van der Waals surface area contributed by atoms with Crippen LogP contribution in [0.25, 0.3) is 38.9 Å². The van der Waals surface area contributed by atoms with Crippen molar-refractivity contribution in [3.05, 3.63) is 0 Å². The minimum absolute atomic E-state index is 0.588. The molecule has 0 saturated heterocycles. The highest BCUT2D eigenvalue weighted by Crippen LogP contribution is 2.32. The van der Waals surface area contributed by atoms with Crippen LogP contribution in [0.15, 0.2) is 0 Å². The van der Waals surface area contributed by atoms with Crippen molar-refractivity contribution >= 4 is 38.9 Å². The lowest BCUT2D eigenvalue weighted by Gasteiger charge is -2.05. The summed E-state index contributed by atoms with van der Waals surface area (Å²) in [6, 6.07) is 0. The second-order valence-corrected chi connectivity index (χ2v) is 3.40. The van der Waals surface area contributed by atoms with Gasteiger partial charge < -0.3 is 0 Å². The molecule has 8 nitrogen and oxygen atoms in total. The van der Waals surface area contributed by atoms with E-state index in [1.54, 1.807) is 4.52 Å². The van der Waals surface area contributed by atoms with Crippen LogP contribution in [0.3, 0.4) is 0 Å². The Hall–Kier alpha value is -2.51. The van der Waals surface area contributed by atoms with Gasteiger partial charge in [-0.1, -0.05) is 10.3 Å². The van der Waals surface area contributed by atoms with Crippen molar-refractivity contribution in [2.24, 2.45) is 0 Å². The number of fused-ring (bicyclic) bond motifs is 8. The molecular weight excluding hydrogens is 196 g/mol. The van der Waals surface area contributed by atoms with Crippen molar-refractivity contribution in [3.8, 4) is 0 Å². The molecule has 15 heavy (non-hydrogen) atoms. The third kappa shape index (κ3) is 0.440. The molecular formula is C7N8. The van der Waals surface area contributed by atoms with Gasteiger partial charge in [0.15, 0.2) is 0 Å². The first-order valence-corrected chi connectivity index (χ1v) is 4.31. The van der Waals surface area contributed by atoms with Crippen molar-refractivity contribution in [3.63, 3.8) is 0 Å². The summed E-state index contributed by atoms with van der Waals surface area (Å²) in [5.41, 5.74) is 4.73. The molecule has 0 unspecified atom stereocenters. The number of aromatic nitrogens is 8. The van der Waals surface area contributed by atoms with Crippen LogP contribution in [0.2, 0.25) is 0 Å². The molecule has 5 aromatic rings. The Balaban J connectivity index is 2.32. The van der Waals surface area contributed by atoms with Gasteiger partial charge in [-0.05, 0) is 0 Å². The van der Waals surface area contributed by atoms with Crippen LogP contribution in [0.4, 0.5) is 0 Å². The number of hydrogen-bond acceptors (Lipinski definition) is 7. The van der Waals surface area contributed by atoms with Gasteiger partial charge in [0.1, 0.15) is 33.1 Å². The Morgan fingerprint density at radius 3 is 1.93 bits per heavy atom. The molecule has 0 fully saturated rings. The predicted molar refractivity (Wildman–Crippen MR) is 48.0 cm³/mol. The third-order valence-electron chi connectivity index (χ3n) is 2.68. The smallest absolute Gasteiger partial charge is 0.205 e. The van der Waals surface area contributed by atoms with E-state index in [9.17, 15) is 0 Å². The Bertz CT molecular complexity index is 906. The average molecular weight is 196 g/mol. The van der Waals surface area contributed by atoms with Gasteiger partial charge in [0.25, 0.3) is 5.78 Å². The predicted octanol–water partition coefficient (Wildman–Crippen LogP) is -0.523. The van der Waals surface area contributed by atoms with Gasteiger partial charge in [0.05, 0.1) is 0 Å². The summed E-state index contributed by atoms with van der Waals surface area (Å²) in [7, 11) is 0. The van der Waals surface area contributed by atoms with Crippen LogP contribution >= 0.6 is 0 Å². The summed E-state index contributed by atoms with van der Waals surface area (Å²) in [5, 5.41) is 23.4. The molecule has 0 bridgehead atoms. The van der Waals surface area contributed by atoms with E-state index in [-0.39, 0.29) is 0 Å². The summed E-state index contributed by atoms with van der Waals surface area (Å²) in [4.78, 5) is 4.29. The first-order valence-electron chi connectivity index (χ1n) is 4.31. The van der Waals surface area contributed by atoms with Crippen molar-refractivity contribution in [1.82, 2.24) is 40.2 Å². The lowest BCUT2D eigenvalue weighted by molar-refractivity contribution is 0.751. The van der Waals surface area contributed by atoms with Crippen LogP contribution in [0, 0.1) is 0 Å². The van der Waals surface area contributed by atoms with E-state index in [1.807, 2.05) is 0 Å². The van der Waals surface area contributed by atoms with E-state index in [4.69, 9.17) is 0 Å². The fourth-order valence-electron chi connectivity index (χ4n) is 1.91. The summed E-state index contributed by atoms with van der Waals surface area (Å²) < 4.78 is 1.65. The molecule has 0 aliphatic carbocycles. The second kappa shape index (κ2) is 1.56. The summed E-state index contributed by atoms with van der Waals surface area (Å²) in [6.45, 7) is 0. The van der Waals surface area contributed by atoms with Gasteiger partial charge in [0.2, 0.25) is 0 Å². The first-order chi connectivity index (χ1) is 7.43. The fourth-order valence-corrected chi connectivity index (χ4v) is 1.91. The molecule has 0 aliphatic heterocycles. The minimum atomic E-state index is 0.588. The van der Waals surface area contributed by atoms with Crippen molar-refractivity contribution in [2.45, 2.75) is 0 Å². The van der Waals surface area contributed by atoms with Gasteiger partial charge in [-0.25, -0.2) is 4.98 Å². The number of imidazole rings is 1. The van der Waals surface area contributed by atoms with Crippen LogP contribution < -0.4 is 0 Å². The number of nitrogens with zero attached hydrogens (tertiary/aromatic N) is 8. The lowest BCUT2D eigenvalue weighted by Crippen LogP contribution is -2.05. The van der Waals surface area contributed by atoms with Crippen LogP contribution in [0.1, 0.15) is 0 Å². The molecule has 0 saturated carbocycles. The van der Waals surface area contributed by atoms with E-state index < -0.39 is 0 Å². The van der Waals surface area contributed by atoms with E-state index in [2.05, 4.69) is 35.7 Å². The fraction of sp³-hybridized carbons (Fsp3) is 0. The quantitative estimate of drug-likeness (QED) is 0.328. The molecule has 4 aromatic heterocycles. The monoisotopic (exact) mass is 196 g/mol. The molecule has 0 radical (unpaired) electrons. The zero-order valence-corrected chi connectivity index (χ0v) is 7.08. The number of hydrogen-bond donors (Lipinski definition) is 0. The summed E-state index contributed by atoms with van der Waals surface area (Å²) >= 11 is 0. The van der Waals surface area contributed by atoms with Crippen molar-refractivity contribution < 1.29 is 0 Å². The van der Waals surface area contributed by atoms with Crippen LogP contribution in [-0.2, 0) is 0 Å². The average Bonchev–Trinajstić information content (AvgIpc) is 2.32. The highest BCUT2D eigenvalue weighted by atomic mass is 15.5. The van der Waals surface area contributed by atoms with Crippen molar-refractivity contribution in [1.29, 1.82) is 0 Å². The zero-order valence-electron chi connectivity index (χ0n) is 7.08. The molecule has 0 aliphatic rings. The molecule has 0 atom stereocenters. The van der Waals surface area contributed by atoms with E-state index >= 15 is 0 Å². The largest absolute Gasteiger partial charge is 0.274 e. The van der Waals surface area contributed by atoms with E-state index in [1.165, 1.54) is 0 Å². The van der Waals surface area contributed by atoms with Gasteiger partial charge in [-0.2, -0.15) is 4.52 Å². The standard InChI is InChI=1S/C7N8/c8-4-2-1(9-10-2)3-5(12-11-3)6(4)15-7(8)13-14-15. The molecule has 0 spiro atoms. The SMILES string of the molecule is n1nc2c1c1nnc1c1c2nc2nnn21. The minimum Gasteiger partial charge on any atom is -0.205 e. The number of benzene rings is 1. The number of rotatable bonds is 0. The van der Waals surface area contributed by atoms with Crippen LogP contribution in [-0.4, -0.2) is 40.2 Å². The summed E-state index contributed by atoms with van der Waals surface area (Å²) in [5.74, 6) is 0.588. The topological polar surface area (TPSA) is 94.6 Å². The molecule has 5 rings (SSSR count). The Morgan fingerprint density at radius 1 is 0.667 bits per heavy atom. The van der Waals surface area contributed by atoms with E-state index in [0.29, 0.717) is 5.78 Å². The second-order valence-electron chi connectivity index (χ2n) is 3.40. The Labute approximate surface area is 79.9 Å². The molecule has 68 valence electrons. The van der Waals surface area contributed by atoms with Gasteiger partial charge in [0, 0.05) is 0 Å². The molecule has 4 heterocycles. The summed E-state index contributed by atoms with van der Waals surface area (Å²) in [6.07, 6.45) is 0. The van der Waals surface area contributed by atoms with Gasteiger partial charge >= 0.3 is 0 Å². The van der Waals surface area contributed by atoms with Gasteiger partial charge in [-0.15, -0.1) is 20.4 Å². The molecule has 8 heteroatoms.